The largest absolute Gasteiger partial charge is 0.326 e. The van der Waals surface area contributed by atoms with Crippen molar-refractivity contribution in [3.8, 4) is 0 Å². The highest BCUT2D eigenvalue weighted by molar-refractivity contribution is 9.10. The first-order valence-corrected chi connectivity index (χ1v) is 9.60. The minimum Gasteiger partial charge on any atom is -0.326 e. The molecule has 1 aliphatic rings. The Labute approximate surface area is 171 Å². The van der Waals surface area contributed by atoms with Crippen molar-refractivity contribution in [2.24, 2.45) is 5.92 Å². The van der Waals surface area contributed by atoms with Crippen LogP contribution in [0.5, 0.6) is 0 Å². The van der Waals surface area contributed by atoms with Crippen LogP contribution in [0.1, 0.15) is 23.1 Å². The van der Waals surface area contributed by atoms with E-state index in [1.807, 2.05) is 26.0 Å². The van der Waals surface area contributed by atoms with Crippen LogP contribution in [0, 0.1) is 36.8 Å². The van der Waals surface area contributed by atoms with Crippen LogP contribution in [0.3, 0.4) is 0 Å². The van der Waals surface area contributed by atoms with E-state index in [1.165, 1.54) is 11.0 Å². The molecule has 0 radical (unpaired) electrons. The third-order valence-electron chi connectivity index (χ3n) is 5.18. The third-order valence-corrected chi connectivity index (χ3v) is 6.03. The molecule has 28 heavy (non-hydrogen) atoms. The number of benzene rings is 2. The highest BCUT2D eigenvalue weighted by atomic mass is 79.9. The number of hydrogen-bond acceptors (Lipinski definition) is 4. The van der Waals surface area contributed by atoms with Crippen LogP contribution in [0.4, 0.5) is 17.1 Å². The smallest absolute Gasteiger partial charge is 0.274 e. The predicted octanol–water partition coefficient (Wildman–Crippen LogP) is 4.27. The molecule has 1 saturated heterocycles. The molecule has 2 aromatic carbocycles. The lowest BCUT2D eigenvalue weighted by molar-refractivity contribution is -0.385. The molecular formula is C20H20BrN3O4. The van der Waals surface area contributed by atoms with Gasteiger partial charge in [0.25, 0.3) is 5.69 Å². The molecule has 7 nitrogen and oxygen atoms in total. The van der Waals surface area contributed by atoms with Crippen molar-refractivity contribution in [2.45, 2.75) is 27.2 Å². The lowest BCUT2D eigenvalue weighted by atomic mass is 10.1. The molecule has 1 fully saturated rings. The van der Waals surface area contributed by atoms with Crippen molar-refractivity contribution < 1.29 is 14.5 Å². The van der Waals surface area contributed by atoms with Gasteiger partial charge in [-0.2, -0.15) is 0 Å². The fraction of sp³-hybridized carbons (Fsp3) is 0.300. The highest BCUT2D eigenvalue weighted by Gasteiger charge is 2.36. The Balaban J connectivity index is 1.78. The fourth-order valence-corrected chi connectivity index (χ4v) is 3.68. The van der Waals surface area contributed by atoms with Gasteiger partial charge in [0.1, 0.15) is 0 Å². The Morgan fingerprint density at radius 1 is 1.21 bits per heavy atom. The average molecular weight is 446 g/mol. The molecule has 1 N–H and O–H groups in total. The van der Waals surface area contributed by atoms with Crippen LogP contribution in [0.2, 0.25) is 0 Å². The number of nitrogens with zero attached hydrogens (tertiary/aromatic N) is 2. The van der Waals surface area contributed by atoms with Gasteiger partial charge in [-0.1, -0.05) is 22.0 Å². The van der Waals surface area contributed by atoms with Gasteiger partial charge in [0, 0.05) is 34.8 Å². The average Bonchev–Trinajstić information content (AvgIpc) is 3.04. The second-order valence-corrected chi connectivity index (χ2v) is 7.82. The van der Waals surface area contributed by atoms with Gasteiger partial charge in [-0.3, -0.25) is 19.7 Å². The molecule has 0 aliphatic carbocycles. The summed E-state index contributed by atoms with van der Waals surface area (Å²) in [5.74, 6) is -0.972. The van der Waals surface area contributed by atoms with E-state index in [9.17, 15) is 19.7 Å². The number of nitro groups is 1. The standard InChI is InChI=1S/C20H20BrN3O4/c1-11-4-5-15(9-18(11)24(27)28)23-10-14(8-19(23)25)20(26)22-17-7-6-16(21)12(2)13(17)3/h4-7,9,14H,8,10H2,1-3H3,(H,22,26)/t14-/m1/s1. The van der Waals surface area contributed by atoms with E-state index in [4.69, 9.17) is 0 Å². The molecule has 0 unspecified atom stereocenters. The van der Waals surface area contributed by atoms with E-state index in [2.05, 4.69) is 21.2 Å². The minimum absolute atomic E-state index is 0.0424. The van der Waals surface area contributed by atoms with E-state index in [0.29, 0.717) is 16.9 Å². The van der Waals surface area contributed by atoms with E-state index in [-0.39, 0.29) is 30.5 Å². The second kappa shape index (κ2) is 7.71. The first kappa shape index (κ1) is 20.0. The van der Waals surface area contributed by atoms with Crippen molar-refractivity contribution in [3.05, 3.63) is 61.6 Å². The van der Waals surface area contributed by atoms with Crippen LogP contribution >= 0.6 is 15.9 Å². The number of rotatable bonds is 4. The zero-order valence-corrected chi connectivity index (χ0v) is 17.4. The Hall–Kier alpha value is -2.74. The number of hydrogen-bond donors (Lipinski definition) is 1. The maximum Gasteiger partial charge on any atom is 0.274 e. The molecule has 0 bridgehead atoms. The van der Waals surface area contributed by atoms with E-state index in [1.54, 1.807) is 19.1 Å². The van der Waals surface area contributed by atoms with Crippen molar-refractivity contribution in [3.63, 3.8) is 0 Å². The number of nitrogens with one attached hydrogen (secondary N) is 1. The Kier molecular flexibility index (Phi) is 5.51. The van der Waals surface area contributed by atoms with E-state index in [0.717, 1.165) is 15.6 Å². The molecule has 0 aromatic heterocycles. The molecule has 2 aromatic rings. The summed E-state index contributed by atoms with van der Waals surface area (Å²) < 4.78 is 0.964. The van der Waals surface area contributed by atoms with Crippen molar-refractivity contribution in [1.82, 2.24) is 0 Å². The van der Waals surface area contributed by atoms with Crippen LogP contribution in [0.15, 0.2) is 34.8 Å². The number of nitro benzene ring substituents is 1. The summed E-state index contributed by atoms with van der Waals surface area (Å²) in [6.45, 7) is 5.72. The maximum atomic E-state index is 12.7. The summed E-state index contributed by atoms with van der Waals surface area (Å²) in [7, 11) is 0. The van der Waals surface area contributed by atoms with Crippen molar-refractivity contribution in [1.29, 1.82) is 0 Å². The molecule has 0 spiro atoms. The molecule has 1 aliphatic heterocycles. The van der Waals surface area contributed by atoms with Gasteiger partial charge in [-0.15, -0.1) is 0 Å². The van der Waals surface area contributed by atoms with Crippen LogP contribution < -0.4 is 10.2 Å². The predicted molar refractivity (Wildman–Crippen MR) is 111 cm³/mol. The summed E-state index contributed by atoms with van der Waals surface area (Å²) in [5, 5.41) is 14.1. The van der Waals surface area contributed by atoms with Crippen LogP contribution in [-0.2, 0) is 9.59 Å². The Morgan fingerprint density at radius 2 is 1.93 bits per heavy atom. The normalized spacial score (nSPS) is 16.4. The SMILES string of the molecule is Cc1ccc(N2C[C@H](C(=O)Nc3ccc(Br)c(C)c3C)CC2=O)cc1[N+](=O)[O-]. The summed E-state index contributed by atoms with van der Waals surface area (Å²) >= 11 is 3.46. The summed E-state index contributed by atoms with van der Waals surface area (Å²) in [6, 6.07) is 8.36. The summed E-state index contributed by atoms with van der Waals surface area (Å²) in [4.78, 5) is 37.3. The van der Waals surface area contributed by atoms with Gasteiger partial charge in [0.05, 0.1) is 16.5 Å². The number of carbonyl (C=O) groups is 2. The Bertz CT molecular complexity index is 990. The maximum absolute atomic E-state index is 12.7. The number of halogens is 1. The van der Waals surface area contributed by atoms with Crippen molar-refractivity contribution >= 4 is 44.8 Å². The lowest BCUT2D eigenvalue weighted by Crippen LogP contribution is -2.28. The first-order valence-electron chi connectivity index (χ1n) is 8.81. The van der Waals surface area contributed by atoms with Gasteiger partial charge in [-0.05, 0) is 50.1 Å². The molecule has 1 heterocycles. The topological polar surface area (TPSA) is 92.6 Å². The quantitative estimate of drug-likeness (QED) is 0.561. The highest BCUT2D eigenvalue weighted by Crippen LogP contribution is 2.31. The molecule has 146 valence electrons. The first-order chi connectivity index (χ1) is 13.2. The molecule has 0 saturated carbocycles. The number of carbonyl (C=O) groups excluding carboxylic acids is 2. The third kappa shape index (κ3) is 3.77. The van der Waals surface area contributed by atoms with Gasteiger partial charge < -0.3 is 10.2 Å². The summed E-state index contributed by atoms with van der Waals surface area (Å²) in [5.41, 5.74) is 3.62. The van der Waals surface area contributed by atoms with Gasteiger partial charge >= 0.3 is 0 Å². The van der Waals surface area contributed by atoms with Gasteiger partial charge in [0.2, 0.25) is 11.8 Å². The molecule has 8 heteroatoms. The fourth-order valence-electron chi connectivity index (χ4n) is 3.25. The molecule has 2 amide bonds. The molecular weight excluding hydrogens is 426 g/mol. The van der Waals surface area contributed by atoms with Gasteiger partial charge in [0.15, 0.2) is 0 Å². The number of anilines is 2. The van der Waals surface area contributed by atoms with Crippen LogP contribution in [0.25, 0.3) is 0 Å². The summed E-state index contributed by atoms with van der Waals surface area (Å²) in [6.07, 6.45) is 0.0715. The zero-order valence-electron chi connectivity index (χ0n) is 15.8. The monoisotopic (exact) mass is 445 g/mol. The van der Waals surface area contributed by atoms with Crippen LogP contribution in [-0.4, -0.2) is 23.3 Å². The number of aryl methyl sites for hydroxylation is 1. The van der Waals surface area contributed by atoms with Gasteiger partial charge in [-0.25, -0.2) is 0 Å². The second-order valence-electron chi connectivity index (χ2n) is 6.97. The minimum atomic E-state index is -0.517. The number of amides is 2. The molecule has 1 atom stereocenters. The zero-order chi connectivity index (χ0) is 20.6. The van der Waals surface area contributed by atoms with E-state index >= 15 is 0 Å². The van der Waals surface area contributed by atoms with Crippen molar-refractivity contribution in [2.75, 3.05) is 16.8 Å². The van der Waals surface area contributed by atoms with E-state index < -0.39 is 10.8 Å². The lowest BCUT2D eigenvalue weighted by Gasteiger charge is -2.17. The Morgan fingerprint density at radius 3 is 2.61 bits per heavy atom. The molecule has 3 rings (SSSR count).